The van der Waals surface area contributed by atoms with E-state index in [4.69, 9.17) is 16.5 Å². The molecule has 1 aromatic carbocycles. The lowest BCUT2D eigenvalue weighted by Gasteiger charge is -2.33. The summed E-state index contributed by atoms with van der Waals surface area (Å²) in [6.45, 7) is 5.74. The molecule has 0 saturated carbocycles. The first-order valence-corrected chi connectivity index (χ1v) is 10.8. The van der Waals surface area contributed by atoms with Gasteiger partial charge in [-0.25, -0.2) is 4.98 Å². The molecule has 29 heavy (non-hydrogen) atoms. The van der Waals surface area contributed by atoms with Crippen LogP contribution in [-0.4, -0.2) is 30.0 Å². The van der Waals surface area contributed by atoms with Gasteiger partial charge in [0.15, 0.2) is 0 Å². The normalized spacial score (nSPS) is 15.7. The Morgan fingerprint density at radius 1 is 1.34 bits per heavy atom. The zero-order chi connectivity index (χ0) is 21.0. The third-order valence-corrected chi connectivity index (χ3v) is 6.66. The van der Waals surface area contributed by atoms with Gasteiger partial charge in [0.2, 0.25) is 5.91 Å². The van der Waals surface area contributed by atoms with Crippen molar-refractivity contribution in [3.05, 3.63) is 52.6 Å². The number of aromatic nitrogens is 1. The number of piperidine rings is 1. The number of pyridine rings is 1. The van der Waals surface area contributed by atoms with Gasteiger partial charge in [-0.3, -0.25) is 4.79 Å². The summed E-state index contributed by atoms with van der Waals surface area (Å²) in [6.07, 6.45) is 2.55. The van der Waals surface area contributed by atoms with E-state index in [1.807, 2.05) is 44.2 Å². The van der Waals surface area contributed by atoms with Crippen LogP contribution in [0, 0.1) is 18.3 Å². The van der Waals surface area contributed by atoms with E-state index >= 15 is 0 Å². The first-order valence-electron chi connectivity index (χ1n) is 9.91. The second kappa shape index (κ2) is 9.29. The van der Waals surface area contributed by atoms with Crippen molar-refractivity contribution < 1.29 is 4.79 Å². The summed E-state index contributed by atoms with van der Waals surface area (Å²) in [5, 5.41) is 9.82. The summed E-state index contributed by atoms with van der Waals surface area (Å²) in [6, 6.07) is 11.9. The quantitative estimate of drug-likeness (QED) is 0.710. The van der Waals surface area contributed by atoms with Crippen molar-refractivity contribution in [1.29, 1.82) is 5.26 Å². The number of rotatable bonds is 6. The molecule has 0 spiro atoms. The number of thioether (sulfide) groups is 1. The predicted molar refractivity (Wildman–Crippen MR) is 117 cm³/mol. The highest BCUT2D eigenvalue weighted by atomic mass is 32.2. The van der Waals surface area contributed by atoms with E-state index < -0.39 is 11.2 Å². The van der Waals surface area contributed by atoms with Crippen LogP contribution in [-0.2, 0) is 11.2 Å². The van der Waals surface area contributed by atoms with Crippen molar-refractivity contribution in [2.24, 2.45) is 11.5 Å². The number of amides is 1. The van der Waals surface area contributed by atoms with Gasteiger partial charge in [0, 0.05) is 19.1 Å². The fraction of sp³-hybridized carbons (Fsp3) is 0.409. The van der Waals surface area contributed by atoms with E-state index in [9.17, 15) is 10.1 Å². The van der Waals surface area contributed by atoms with Crippen LogP contribution in [0.5, 0.6) is 0 Å². The van der Waals surface area contributed by atoms with Gasteiger partial charge in [-0.15, -0.1) is 0 Å². The lowest BCUT2D eigenvalue weighted by atomic mass is 10.0. The minimum Gasteiger partial charge on any atom is -0.368 e. The summed E-state index contributed by atoms with van der Waals surface area (Å²) in [5.41, 5.74) is 15.1. The second-order valence-electron chi connectivity index (χ2n) is 7.32. The number of anilines is 1. The minimum atomic E-state index is -0.606. The molecule has 2 heterocycles. The molecular weight excluding hydrogens is 382 g/mol. The molecule has 2 aromatic rings. The van der Waals surface area contributed by atoms with E-state index in [0.29, 0.717) is 10.6 Å². The highest BCUT2D eigenvalue weighted by Gasteiger charge is 2.27. The number of hydrogen-bond acceptors (Lipinski definition) is 6. The average Bonchev–Trinajstić information content (AvgIpc) is 2.73. The largest absolute Gasteiger partial charge is 0.368 e. The molecule has 3 rings (SSSR count). The van der Waals surface area contributed by atoms with Crippen LogP contribution in [0.1, 0.15) is 47.3 Å². The summed E-state index contributed by atoms with van der Waals surface area (Å²) in [7, 11) is 0. The first-order chi connectivity index (χ1) is 14.0. The molecule has 4 N–H and O–H groups in total. The molecule has 1 unspecified atom stereocenters. The maximum Gasteiger partial charge on any atom is 0.235 e. The van der Waals surface area contributed by atoms with Crippen LogP contribution in [0.3, 0.4) is 0 Å². The van der Waals surface area contributed by atoms with Crippen LogP contribution >= 0.6 is 11.8 Å². The SMILES string of the molecule is CCc1c(C)c(N2CCC(N)CC2)nc(SC(C(N)=O)c2ccccc2)c1C#N. The van der Waals surface area contributed by atoms with Crippen molar-refractivity contribution in [2.45, 2.75) is 49.4 Å². The number of benzene rings is 1. The highest BCUT2D eigenvalue weighted by molar-refractivity contribution is 8.00. The molecule has 0 radical (unpaired) electrons. The number of primary amides is 1. The fourth-order valence-electron chi connectivity index (χ4n) is 3.78. The number of nitrogens with two attached hydrogens (primary N) is 2. The van der Waals surface area contributed by atoms with Crippen LogP contribution in [0.2, 0.25) is 0 Å². The Bertz CT molecular complexity index is 917. The van der Waals surface area contributed by atoms with Gasteiger partial charge < -0.3 is 16.4 Å². The lowest BCUT2D eigenvalue weighted by Crippen LogP contribution is -2.40. The molecule has 0 bridgehead atoms. The zero-order valence-electron chi connectivity index (χ0n) is 16.9. The monoisotopic (exact) mass is 409 g/mol. The van der Waals surface area contributed by atoms with Gasteiger partial charge in [0.05, 0.1) is 5.56 Å². The summed E-state index contributed by atoms with van der Waals surface area (Å²) in [5.74, 6) is 0.433. The zero-order valence-corrected chi connectivity index (χ0v) is 17.7. The summed E-state index contributed by atoms with van der Waals surface area (Å²) in [4.78, 5) is 19.3. The number of nitrogens with zero attached hydrogens (tertiary/aromatic N) is 3. The van der Waals surface area contributed by atoms with E-state index in [1.165, 1.54) is 11.8 Å². The maximum absolute atomic E-state index is 12.2. The highest BCUT2D eigenvalue weighted by Crippen LogP contribution is 2.39. The third-order valence-electron chi connectivity index (χ3n) is 5.41. The van der Waals surface area contributed by atoms with Crippen molar-refractivity contribution in [3.63, 3.8) is 0 Å². The van der Waals surface area contributed by atoms with Crippen molar-refractivity contribution in [1.82, 2.24) is 4.98 Å². The Balaban J connectivity index is 2.06. The Morgan fingerprint density at radius 3 is 2.55 bits per heavy atom. The fourth-order valence-corrected chi connectivity index (χ4v) is 4.84. The molecule has 1 saturated heterocycles. The van der Waals surface area contributed by atoms with Gasteiger partial charge in [-0.05, 0) is 42.9 Å². The standard InChI is InChI=1S/C22H27N5OS/c1-3-17-14(2)21(27-11-9-16(24)10-12-27)26-22(18(17)13-23)29-19(20(25)28)15-7-5-4-6-8-15/h4-8,16,19H,3,9-12,24H2,1-2H3,(H2,25,28). The van der Waals surface area contributed by atoms with E-state index in [-0.39, 0.29) is 6.04 Å². The minimum absolute atomic E-state index is 0.224. The van der Waals surface area contributed by atoms with Crippen molar-refractivity contribution in [2.75, 3.05) is 18.0 Å². The van der Waals surface area contributed by atoms with Gasteiger partial charge >= 0.3 is 0 Å². The van der Waals surface area contributed by atoms with E-state index in [0.717, 1.165) is 54.9 Å². The summed E-state index contributed by atoms with van der Waals surface area (Å²) < 4.78 is 0. The van der Waals surface area contributed by atoms with Crippen LogP contribution in [0.4, 0.5) is 5.82 Å². The van der Waals surface area contributed by atoms with Crippen LogP contribution in [0.25, 0.3) is 0 Å². The Kier molecular flexibility index (Phi) is 6.78. The Morgan fingerprint density at radius 2 is 2.00 bits per heavy atom. The molecule has 1 aliphatic rings. The van der Waals surface area contributed by atoms with Gasteiger partial charge in [-0.2, -0.15) is 5.26 Å². The molecule has 0 aliphatic carbocycles. The van der Waals surface area contributed by atoms with Gasteiger partial charge in [-0.1, -0.05) is 49.0 Å². The average molecular weight is 410 g/mol. The Hall–Kier alpha value is -2.56. The number of hydrogen-bond donors (Lipinski definition) is 2. The van der Waals surface area contributed by atoms with Crippen molar-refractivity contribution >= 4 is 23.5 Å². The number of nitriles is 1. The maximum atomic E-state index is 12.2. The molecule has 152 valence electrons. The molecule has 6 nitrogen and oxygen atoms in total. The molecule has 1 aromatic heterocycles. The van der Waals surface area contributed by atoms with Crippen LogP contribution < -0.4 is 16.4 Å². The van der Waals surface area contributed by atoms with Gasteiger partial charge in [0.1, 0.15) is 22.2 Å². The molecule has 1 amide bonds. The topological polar surface area (TPSA) is 109 Å². The number of carbonyl (C=O) groups is 1. The van der Waals surface area contributed by atoms with Crippen LogP contribution in [0.15, 0.2) is 35.4 Å². The third kappa shape index (κ3) is 4.55. The van der Waals surface area contributed by atoms with Gasteiger partial charge in [0.25, 0.3) is 0 Å². The van der Waals surface area contributed by atoms with E-state index in [2.05, 4.69) is 11.0 Å². The first kappa shape index (κ1) is 21.2. The van der Waals surface area contributed by atoms with Crippen molar-refractivity contribution in [3.8, 4) is 6.07 Å². The summed E-state index contributed by atoms with van der Waals surface area (Å²) >= 11 is 1.26. The van der Waals surface area contributed by atoms with E-state index in [1.54, 1.807) is 0 Å². The smallest absolute Gasteiger partial charge is 0.235 e. The second-order valence-corrected chi connectivity index (χ2v) is 8.41. The predicted octanol–water partition coefficient (Wildman–Crippen LogP) is 3.07. The molecule has 7 heteroatoms. The molecule has 1 fully saturated rings. The Labute approximate surface area is 176 Å². The lowest BCUT2D eigenvalue weighted by molar-refractivity contribution is -0.117. The molecule has 1 atom stereocenters. The molecular formula is C22H27N5OS. The number of carbonyl (C=O) groups excluding carboxylic acids is 1. The molecule has 1 aliphatic heterocycles.